The van der Waals surface area contributed by atoms with Gasteiger partial charge in [0.15, 0.2) is 5.78 Å². The van der Waals surface area contributed by atoms with Gasteiger partial charge in [0, 0.05) is 43.3 Å². The Morgan fingerprint density at radius 1 is 0.852 bits per heavy atom. The molecule has 1 aliphatic rings. The number of carbonyl (C=O) groups is 2. The van der Waals surface area contributed by atoms with Crippen molar-refractivity contribution >= 4 is 23.3 Å². The van der Waals surface area contributed by atoms with Gasteiger partial charge in [0.2, 0.25) is 5.91 Å². The highest BCUT2D eigenvalue weighted by molar-refractivity contribution is 6.30. The third kappa shape index (κ3) is 6.17. The van der Waals surface area contributed by atoms with Gasteiger partial charge in [0.25, 0.3) is 0 Å². The number of ketones is 1. The first-order valence-corrected chi connectivity index (χ1v) is 9.52. The van der Waals surface area contributed by atoms with E-state index in [1.54, 1.807) is 24.3 Å². The third-order valence-corrected chi connectivity index (χ3v) is 4.95. The van der Waals surface area contributed by atoms with Crippen molar-refractivity contribution in [2.45, 2.75) is 6.54 Å². The molecular formula is C21H24ClN3O2. The van der Waals surface area contributed by atoms with Crippen molar-refractivity contribution < 1.29 is 9.59 Å². The molecule has 6 heteroatoms. The summed E-state index contributed by atoms with van der Waals surface area (Å²) in [5, 5.41) is 3.59. The van der Waals surface area contributed by atoms with E-state index >= 15 is 0 Å². The van der Waals surface area contributed by atoms with Gasteiger partial charge in [-0.25, -0.2) is 0 Å². The molecule has 27 heavy (non-hydrogen) atoms. The van der Waals surface area contributed by atoms with Crippen molar-refractivity contribution in [3.05, 3.63) is 70.7 Å². The number of hydrogen-bond donors (Lipinski definition) is 1. The Labute approximate surface area is 164 Å². The van der Waals surface area contributed by atoms with Crippen LogP contribution in [0, 0.1) is 0 Å². The summed E-state index contributed by atoms with van der Waals surface area (Å²) in [6, 6.07) is 16.9. The third-order valence-electron chi connectivity index (χ3n) is 4.70. The lowest BCUT2D eigenvalue weighted by Crippen LogP contribution is -2.50. The molecular weight excluding hydrogens is 362 g/mol. The number of nitrogens with one attached hydrogen (secondary N) is 1. The summed E-state index contributed by atoms with van der Waals surface area (Å²) >= 11 is 5.86. The van der Waals surface area contributed by atoms with Crippen LogP contribution >= 0.6 is 11.6 Å². The molecule has 142 valence electrons. The van der Waals surface area contributed by atoms with Gasteiger partial charge < -0.3 is 5.32 Å². The molecule has 1 saturated heterocycles. The van der Waals surface area contributed by atoms with Crippen molar-refractivity contribution in [1.29, 1.82) is 0 Å². The van der Waals surface area contributed by atoms with Crippen molar-refractivity contribution in [2.24, 2.45) is 0 Å². The van der Waals surface area contributed by atoms with Gasteiger partial charge in [-0.05, 0) is 29.8 Å². The second-order valence-corrected chi connectivity index (χ2v) is 7.18. The zero-order valence-corrected chi connectivity index (χ0v) is 16.0. The molecule has 2 aromatic carbocycles. The highest BCUT2D eigenvalue weighted by Crippen LogP contribution is 2.11. The highest BCUT2D eigenvalue weighted by atomic mass is 35.5. The van der Waals surface area contributed by atoms with Crippen LogP contribution < -0.4 is 5.32 Å². The summed E-state index contributed by atoms with van der Waals surface area (Å²) in [4.78, 5) is 28.7. The molecule has 3 rings (SSSR count). The molecule has 0 saturated carbocycles. The molecule has 1 fully saturated rings. The summed E-state index contributed by atoms with van der Waals surface area (Å²) in [7, 11) is 0. The Morgan fingerprint density at radius 3 is 2.07 bits per heavy atom. The predicted molar refractivity (Wildman–Crippen MR) is 107 cm³/mol. The smallest absolute Gasteiger partial charge is 0.234 e. The number of Topliss-reactive ketones (excluding diaryl/α,β-unsaturated/α-hetero) is 1. The maximum atomic E-state index is 12.3. The first-order valence-electron chi connectivity index (χ1n) is 9.14. The number of benzene rings is 2. The SMILES string of the molecule is O=C(CN1CCN(CC(=O)c2ccc(Cl)cc2)CC1)NCc1ccccc1. The fourth-order valence-electron chi connectivity index (χ4n) is 3.09. The highest BCUT2D eigenvalue weighted by Gasteiger charge is 2.21. The van der Waals surface area contributed by atoms with Crippen LogP contribution in [0.5, 0.6) is 0 Å². The first-order chi connectivity index (χ1) is 13.1. The lowest BCUT2D eigenvalue weighted by molar-refractivity contribution is -0.122. The van der Waals surface area contributed by atoms with Crippen LogP contribution in [0.15, 0.2) is 54.6 Å². The minimum Gasteiger partial charge on any atom is -0.351 e. The quantitative estimate of drug-likeness (QED) is 0.744. The number of piperazine rings is 1. The fourth-order valence-corrected chi connectivity index (χ4v) is 3.22. The van der Waals surface area contributed by atoms with E-state index < -0.39 is 0 Å². The molecule has 0 atom stereocenters. The number of amides is 1. The molecule has 1 aliphatic heterocycles. The zero-order valence-electron chi connectivity index (χ0n) is 15.2. The summed E-state index contributed by atoms with van der Waals surface area (Å²) in [6.07, 6.45) is 0. The van der Waals surface area contributed by atoms with Crippen LogP contribution in [-0.4, -0.2) is 60.8 Å². The predicted octanol–water partition coefficient (Wildman–Crippen LogP) is 2.46. The van der Waals surface area contributed by atoms with Gasteiger partial charge >= 0.3 is 0 Å². The molecule has 1 amide bonds. The Hall–Kier alpha value is -2.21. The average Bonchev–Trinajstić information content (AvgIpc) is 2.69. The minimum atomic E-state index is 0.0320. The molecule has 0 spiro atoms. The van der Waals surface area contributed by atoms with Crippen molar-refractivity contribution in [3.8, 4) is 0 Å². The van der Waals surface area contributed by atoms with Crippen LogP contribution in [0.3, 0.4) is 0 Å². The average molecular weight is 386 g/mol. The first kappa shape index (κ1) is 19.5. The zero-order chi connectivity index (χ0) is 19.1. The van der Waals surface area contributed by atoms with E-state index in [-0.39, 0.29) is 11.7 Å². The van der Waals surface area contributed by atoms with Gasteiger partial charge in [0.05, 0.1) is 13.1 Å². The number of hydrogen-bond acceptors (Lipinski definition) is 4. The topological polar surface area (TPSA) is 52.7 Å². The maximum Gasteiger partial charge on any atom is 0.234 e. The monoisotopic (exact) mass is 385 g/mol. The normalized spacial score (nSPS) is 15.4. The van der Waals surface area contributed by atoms with Crippen LogP contribution in [0.4, 0.5) is 0 Å². The van der Waals surface area contributed by atoms with E-state index in [2.05, 4.69) is 15.1 Å². The molecule has 0 aromatic heterocycles. The molecule has 0 bridgehead atoms. The van der Waals surface area contributed by atoms with E-state index in [1.807, 2.05) is 30.3 Å². The Kier molecular flexibility index (Phi) is 6.98. The van der Waals surface area contributed by atoms with Gasteiger partial charge in [-0.1, -0.05) is 41.9 Å². The summed E-state index contributed by atoms with van der Waals surface area (Å²) in [5.41, 5.74) is 1.78. The Bertz CT molecular complexity index is 757. The molecule has 0 unspecified atom stereocenters. The molecule has 1 N–H and O–H groups in total. The maximum absolute atomic E-state index is 12.3. The van der Waals surface area contributed by atoms with Gasteiger partial charge in [-0.3, -0.25) is 19.4 Å². The van der Waals surface area contributed by atoms with Gasteiger partial charge in [-0.2, -0.15) is 0 Å². The lowest BCUT2D eigenvalue weighted by Gasteiger charge is -2.33. The van der Waals surface area contributed by atoms with Gasteiger partial charge in [-0.15, -0.1) is 0 Å². The minimum absolute atomic E-state index is 0.0320. The number of carbonyl (C=O) groups excluding carboxylic acids is 2. The molecule has 0 radical (unpaired) electrons. The van der Waals surface area contributed by atoms with E-state index in [1.165, 1.54) is 0 Å². The Morgan fingerprint density at radius 2 is 1.44 bits per heavy atom. The van der Waals surface area contributed by atoms with Crippen LogP contribution in [0.1, 0.15) is 15.9 Å². The lowest BCUT2D eigenvalue weighted by atomic mass is 10.1. The van der Waals surface area contributed by atoms with Gasteiger partial charge in [0.1, 0.15) is 0 Å². The fraction of sp³-hybridized carbons (Fsp3) is 0.333. The standard InChI is InChI=1S/C21H24ClN3O2/c22-19-8-6-18(7-9-19)20(26)15-24-10-12-25(13-11-24)16-21(27)23-14-17-4-2-1-3-5-17/h1-9H,10-16H2,(H,23,27). The van der Waals surface area contributed by atoms with E-state index in [0.29, 0.717) is 30.2 Å². The van der Waals surface area contributed by atoms with E-state index in [4.69, 9.17) is 11.6 Å². The van der Waals surface area contributed by atoms with E-state index in [0.717, 1.165) is 31.7 Å². The van der Waals surface area contributed by atoms with Crippen molar-refractivity contribution in [1.82, 2.24) is 15.1 Å². The van der Waals surface area contributed by atoms with Crippen LogP contribution in [0.2, 0.25) is 5.02 Å². The molecule has 1 heterocycles. The number of halogens is 1. The second kappa shape index (κ2) is 9.65. The van der Waals surface area contributed by atoms with Crippen molar-refractivity contribution in [2.75, 3.05) is 39.3 Å². The number of nitrogens with zero attached hydrogens (tertiary/aromatic N) is 2. The second-order valence-electron chi connectivity index (χ2n) is 6.74. The molecule has 5 nitrogen and oxygen atoms in total. The Balaban J connectivity index is 1.37. The van der Waals surface area contributed by atoms with Crippen LogP contribution in [-0.2, 0) is 11.3 Å². The summed E-state index contributed by atoms with van der Waals surface area (Å²) in [5.74, 6) is 0.130. The largest absolute Gasteiger partial charge is 0.351 e. The molecule has 0 aliphatic carbocycles. The summed E-state index contributed by atoms with van der Waals surface area (Å²) in [6.45, 7) is 4.48. The van der Waals surface area contributed by atoms with E-state index in [9.17, 15) is 9.59 Å². The summed E-state index contributed by atoms with van der Waals surface area (Å²) < 4.78 is 0. The molecule has 2 aromatic rings. The number of rotatable bonds is 7. The van der Waals surface area contributed by atoms with Crippen molar-refractivity contribution in [3.63, 3.8) is 0 Å². The van der Waals surface area contributed by atoms with Crippen LogP contribution in [0.25, 0.3) is 0 Å².